The molecule has 0 atom stereocenters. The number of phenols is 1. The van der Waals surface area contributed by atoms with Crippen LogP contribution < -0.4 is 0 Å². The number of aromatic amines is 2. The summed E-state index contributed by atoms with van der Waals surface area (Å²) in [5.74, 6) is 2.19. The van der Waals surface area contributed by atoms with Gasteiger partial charge >= 0.3 is 0 Å². The maximum absolute atomic E-state index is 10.9. The zero-order chi connectivity index (χ0) is 27.1. The minimum atomic E-state index is 0. The van der Waals surface area contributed by atoms with Crippen LogP contribution in [0.15, 0.2) is 91.0 Å². The standard InChI is InChI=1S/C32H18N8O.Au/c41-23-15-7-14-22-24(23)32-39-30-21-13-6-5-12-20(21)28(37-30)35-26-17-9-2-1-8-16(17)25(33-26)34-27-18-10-3-4-11-19(18)29(36-27)38-31(22)40-32;/h1-15,41H,(H2,33,34,35,36,37,38,39,40);. The van der Waals surface area contributed by atoms with Crippen LogP contribution in [-0.2, 0) is 22.4 Å². The number of phenolic OH excluding ortho intramolecular Hbond substituents is 1. The number of hydrogen-bond acceptors (Lipinski definition) is 7. The van der Waals surface area contributed by atoms with Crippen molar-refractivity contribution < 1.29 is 27.5 Å². The number of H-pyrrole nitrogens is 2. The Bertz CT molecular complexity index is 2410. The van der Waals surface area contributed by atoms with E-state index in [-0.39, 0.29) is 28.1 Å². The van der Waals surface area contributed by atoms with E-state index >= 15 is 0 Å². The molecule has 0 fully saturated rings. The van der Waals surface area contributed by atoms with Gasteiger partial charge in [-0.1, -0.05) is 84.9 Å². The zero-order valence-electron chi connectivity index (χ0n) is 21.6. The summed E-state index contributed by atoms with van der Waals surface area (Å²) in [6.07, 6.45) is 0. The van der Waals surface area contributed by atoms with Crippen molar-refractivity contribution in [2.24, 2.45) is 0 Å². The molecule has 0 aliphatic carbocycles. The maximum atomic E-state index is 10.9. The molecule has 5 heterocycles. The van der Waals surface area contributed by atoms with E-state index in [2.05, 4.69) is 9.97 Å². The Labute approximate surface area is 253 Å². The number of hydrogen-bond donors (Lipinski definition) is 3. The molecule has 7 aromatic rings. The van der Waals surface area contributed by atoms with E-state index in [1.54, 1.807) is 12.1 Å². The van der Waals surface area contributed by atoms with Gasteiger partial charge in [-0.05, 0) is 6.07 Å². The Morgan fingerprint density at radius 1 is 0.405 bits per heavy atom. The summed E-state index contributed by atoms with van der Waals surface area (Å²) in [5, 5.41) is 14.0. The summed E-state index contributed by atoms with van der Waals surface area (Å²) in [7, 11) is 0. The number of nitrogens with zero attached hydrogens (tertiary/aromatic N) is 6. The van der Waals surface area contributed by atoms with Crippen molar-refractivity contribution in [1.82, 2.24) is 39.9 Å². The van der Waals surface area contributed by atoms with Crippen molar-refractivity contribution in [2.45, 2.75) is 0 Å². The van der Waals surface area contributed by atoms with Gasteiger partial charge in [0.1, 0.15) is 28.3 Å². The van der Waals surface area contributed by atoms with Crippen LogP contribution in [0.3, 0.4) is 0 Å². The molecule has 0 saturated carbocycles. The fraction of sp³-hybridized carbons (Fsp3) is 0. The minimum absolute atomic E-state index is 0. The molecule has 10 heteroatoms. The molecule has 2 aliphatic rings. The largest absolute Gasteiger partial charge is 0.507 e. The van der Waals surface area contributed by atoms with Crippen LogP contribution in [-0.4, -0.2) is 45.0 Å². The van der Waals surface area contributed by atoms with Gasteiger partial charge in [-0.2, -0.15) is 0 Å². The van der Waals surface area contributed by atoms with Crippen molar-refractivity contribution in [2.75, 3.05) is 0 Å². The van der Waals surface area contributed by atoms with Gasteiger partial charge in [0.15, 0.2) is 23.3 Å². The van der Waals surface area contributed by atoms with Crippen molar-refractivity contribution >= 4 is 44.1 Å². The van der Waals surface area contributed by atoms with Crippen LogP contribution in [0, 0.1) is 0 Å². The molecule has 3 aromatic heterocycles. The molecular formula is C32H18AuN8O. The van der Waals surface area contributed by atoms with Crippen LogP contribution in [0.2, 0.25) is 0 Å². The molecule has 42 heavy (non-hydrogen) atoms. The minimum Gasteiger partial charge on any atom is -0.507 e. The molecule has 4 aromatic carbocycles. The summed E-state index contributed by atoms with van der Waals surface area (Å²) in [5.41, 5.74) is 5.74. The average Bonchev–Trinajstić information content (AvgIpc) is 3.73. The van der Waals surface area contributed by atoms with Crippen molar-refractivity contribution in [3.63, 3.8) is 0 Å². The Morgan fingerprint density at radius 2 is 0.786 bits per heavy atom. The quantitative estimate of drug-likeness (QED) is 0.151. The SMILES string of the molecule is Oc1cccc2c3nc4nc(nc5[nH]c(nc6nc(nc([nH]3)c12)-c1ccccc1-6)c1ccccc51)-c1ccccc1-4.[Au]. The maximum Gasteiger partial charge on any atom is 0.164 e. The van der Waals surface area contributed by atoms with Gasteiger partial charge in [0.2, 0.25) is 0 Å². The Hall–Kier alpha value is -5.22. The first-order valence-corrected chi connectivity index (χ1v) is 13.1. The van der Waals surface area contributed by atoms with Gasteiger partial charge in [0.05, 0.1) is 5.39 Å². The first-order chi connectivity index (χ1) is 20.2. The molecule has 0 unspecified atom stereocenters. The van der Waals surface area contributed by atoms with E-state index in [4.69, 9.17) is 29.9 Å². The average molecular weight is 728 g/mol. The molecule has 0 amide bonds. The Morgan fingerprint density at radius 3 is 1.29 bits per heavy atom. The fourth-order valence-electron chi connectivity index (χ4n) is 5.67. The number of rotatable bonds is 0. The second-order valence-electron chi connectivity index (χ2n) is 9.95. The summed E-state index contributed by atoms with van der Waals surface area (Å²) in [6, 6.07) is 29.1. The second kappa shape index (κ2) is 9.15. The summed E-state index contributed by atoms with van der Waals surface area (Å²) >= 11 is 0. The predicted octanol–water partition coefficient (Wildman–Crippen LogP) is 6.57. The van der Waals surface area contributed by atoms with E-state index in [0.29, 0.717) is 51.3 Å². The molecule has 3 N–H and O–H groups in total. The van der Waals surface area contributed by atoms with Crippen molar-refractivity contribution in [3.05, 3.63) is 91.0 Å². The third-order valence-corrected chi connectivity index (χ3v) is 7.56. The van der Waals surface area contributed by atoms with E-state index in [0.717, 1.165) is 38.4 Å². The molecule has 0 spiro atoms. The van der Waals surface area contributed by atoms with Crippen LogP contribution in [0.5, 0.6) is 5.75 Å². The number of benzene rings is 4. The van der Waals surface area contributed by atoms with Gasteiger partial charge in [0.25, 0.3) is 0 Å². The van der Waals surface area contributed by atoms with Gasteiger partial charge in [0, 0.05) is 60.8 Å². The topological polar surface area (TPSA) is 129 Å². The van der Waals surface area contributed by atoms with Gasteiger partial charge < -0.3 is 15.1 Å². The first kappa shape index (κ1) is 24.6. The van der Waals surface area contributed by atoms with E-state index < -0.39 is 0 Å². The summed E-state index contributed by atoms with van der Waals surface area (Å²) in [6.45, 7) is 0. The zero-order valence-corrected chi connectivity index (χ0v) is 23.8. The first-order valence-electron chi connectivity index (χ1n) is 13.1. The van der Waals surface area contributed by atoms with E-state index in [1.165, 1.54) is 0 Å². The number of fused-ring (bicyclic) bond motifs is 20. The third kappa shape index (κ3) is 3.55. The number of aromatic nitrogens is 8. The van der Waals surface area contributed by atoms with Crippen LogP contribution in [0.1, 0.15) is 0 Å². The summed E-state index contributed by atoms with van der Waals surface area (Å²) in [4.78, 5) is 36.3. The van der Waals surface area contributed by atoms with Crippen molar-refractivity contribution in [1.29, 1.82) is 0 Å². The molecule has 8 bridgehead atoms. The second-order valence-corrected chi connectivity index (χ2v) is 9.95. The molecule has 9 nitrogen and oxygen atoms in total. The predicted molar refractivity (Wildman–Crippen MR) is 158 cm³/mol. The molecule has 0 saturated heterocycles. The Kier molecular flexibility index (Phi) is 5.35. The van der Waals surface area contributed by atoms with Gasteiger partial charge in [-0.15, -0.1) is 0 Å². The Balaban J connectivity index is 0.00000267. The smallest absolute Gasteiger partial charge is 0.164 e. The van der Waals surface area contributed by atoms with E-state index in [9.17, 15) is 5.11 Å². The number of nitrogens with one attached hydrogen (secondary N) is 2. The normalized spacial score (nSPS) is 11.7. The van der Waals surface area contributed by atoms with E-state index in [1.807, 2.05) is 78.9 Å². The van der Waals surface area contributed by atoms with Gasteiger partial charge in [-0.3, -0.25) is 0 Å². The van der Waals surface area contributed by atoms with Crippen LogP contribution in [0.4, 0.5) is 0 Å². The number of aromatic hydroxyl groups is 1. The fourth-order valence-corrected chi connectivity index (χ4v) is 5.67. The van der Waals surface area contributed by atoms with Crippen LogP contribution in [0.25, 0.3) is 89.7 Å². The molecule has 2 aliphatic heterocycles. The molecular weight excluding hydrogens is 709 g/mol. The molecule has 1 radical (unpaired) electrons. The van der Waals surface area contributed by atoms with Crippen molar-refractivity contribution in [3.8, 4) is 51.3 Å². The third-order valence-electron chi connectivity index (χ3n) is 7.56. The van der Waals surface area contributed by atoms with Gasteiger partial charge in [-0.25, -0.2) is 29.9 Å². The van der Waals surface area contributed by atoms with Crippen LogP contribution >= 0.6 is 0 Å². The molecule has 203 valence electrons. The monoisotopic (exact) mass is 727 g/mol. The molecule has 9 rings (SSSR count). The summed E-state index contributed by atoms with van der Waals surface area (Å²) < 4.78 is 0.